The number of carbonyl (C=O) groups is 2. The Morgan fingerprint density at radius 2 is 1.83 bits per heavy atom. The highest BCUT2D eigenvalue weighted by Crippen LogP contribution is 2.44. The first kappa shape index (κ1) is 23.1. The molecule has 3 amide bonds. The SMILES string of the molecule is CCNC(=O)[C@H]1O[C@@H](n2cnc3c(NC(=O)Nc4ccc(F)cc4)ncnc32)[C@@H]2OC(C)(C)O[C@@H]21. The highest BCUT2D eigenvalue weighted by molar-refractivity contribution is 6.02. The molecule has 0 spiro atoms. The summed E-state index contributed by atoms with van der Waals surface area (Å²) in [6.45, 7) is 5.81. The van der Waals surface area contributed by atoms with E-state index in [2.05, 4.69) is 30.9 Å². The largest absolute Gasteiger partial charge is 0.354 e. The Hall–Kier alpha value is -3.68. The molecular weight excluding hydrogens is 461 g/mol. The monoisotopic (exact) mass is 485 g/mol. The number of amides is 3. The maximum absolute atomic E-state index is 13.1. The number of ether oxygens (including phenoxy) is 3. The maximum Gasteiger partial charge on any atom is 0.324 e. The van der Waals surface area contributed by atoms with Gasteiger partial charge in [-0.05, 0) is 45.0 Å². The third kappa shape index (κ3) is 4.40. The fraction of sp³-hybridized carbons (Fsp3) is 0.409. The maximum atomic E-state index is 13.1. The zero-order valence-electron chi connectivity index (χ0n) is 19.2. The van der Waals surface area contributed by atoms with Gasteiger partial charge in [0.2, 0.25) is 0 Å². The second kappa shape index (κ2) is 8.83. The Labute approximate surface area is 199 Å². The van der Waals surface area contributed by atoms with Crippen LogP contribution in [0.1, 0.15) is 27.0 Å². The first-order chi connectivity index (χ1) is 16.8. The van der Waals surface area contributed by atoms with E-state index in [9.17, 15) is 14.0 Å². The summed E-state index contributed by atoms with van der Waals surface area (Å²) in [5.74, 6) is -1.46. The number of benzene rings is 1. The van der Waals surface area contributed by atoms with Crippen molar-refractivity contribution < 1.29 is 28.2 Å². The number of urea groups is 1. The van der Waals surface area contributed by atoms with Gasteiger partial charge in [-0.2, -0.15) is 0 Å². The predicted octanol–water partition coefficient (Wildman–Crippen LogP) is 2.16. The quantitative estimate of drug-likeness (QED) is 0.499. The second-order valence-corrected chi connectivity index (χ2v) is 8.54. The van der Waals surface area contributed by atoms with E-state index < -0.39 is 42.2 Å². The summed E-state index contributed by atoms with van der Waals surface area (Å²) in [6, 6.07) is 4.75. The minimum absolute atomic E-state index is 0.159. The van der Waals surface area contributed by atoms with Gasteiger partial charge in [0, 0.05) is 12.2 Å². The van der Waals surface area contributed by atoms with E-state index in [4.69, 9.17) is 14.2 Å². The summed E-state index contributed by atoms with van der Waals surface area (Å²) in [5.41, 5.74) is 1.08. The molecule has 0 unspecified atom stereocenters. The highest BCUT2D eigenvalue weighted by atomic mass is 19.1. The molecule has 4 heterocycles. The minimum atomic E-state index is -0.904. The van der Waals surface area contributed by atoms with Crippen LogP contribution in [0.25, 0.3) is 11.2 Å². The fourth-order valence-electron chi connectivity index (χ4n) is 4.22. The van der Waals surface area contributed by atoms with E-state index in [0.717, 1.165) is 0 Å². The Balaban J connectivity index is 1.40. The smallest absolute Gasteiger partial charge is 0.324 e. The number of likely N-dealkylation sites (N-methyl/N-ethyl adjacent to an activating group) is 1. The number of anilines is 2. The van der Waals surface area contributed by atoms with Crippen LogP contribution in [-0.2, 0) is 19.0 Å². The molecule has 184 valence electrons. The molecule has 2 fully saturated rings. The van der Waals surface area contributed by atoms with E-state index in [1.165, 1.54) is 36.9 Å². The number of imidazole rings is 1. The van der Waals surface area contributed by atoms with Gasteiger partial charge in [0.15, 0.2) is 35.1 Å². The van der Waals surface area contributed by atoms with Crippen molar-refractivity contribution in [3.63, 3.8) is 0 Å². The van der Waals surface area contributed by atoms with Crippen molar-refractivity contribution in [3.05, 3.63) is 42.7 Å². The minimum Gasteiger partial charge on any atom is -0.354 e. The number of hydrogen-bond acceptors (Lipinski definition) is 8. The molecule has 0 bridgehead atoms. The lowest BCUT2D eigenvalue weighted by atomic mass is 10.1. The zero-order chi connectivity index (χ0) is 24.7. The summed E-state index contributed by atoms with van der Waals surface area (Å²) in [7, 11) is 0. The van der Waals surface area contributed by atoms with Crippen LogP contribution in [0.15, 0.2) is 36.9 Å². The van der Waals surface area contributed by atoms with Crippen LogP contribution in [0.2, 0.25) is 0 Å². The van der Waals surface area contributed by atoms with Crippen molar-refractivity contribution in [1.82, 2.24) is 24.8 Å². The predicted molar refractivity (Wildman–Crippen MR) is 121 cm³/mol. The first-order valence-electron chi connectivity index (χ1n) is 11.1. The zero-order valence-corrected chi connectivity index (χ0v) is 19.2. The van der Waals surface area contributed by atoms with E-state index >= 15 is 0 Å². The third-order valence-corrected chi connectivity index (χ3v) is 5.61. The van der Waals surface area contributed by atoms with Gasteiger partial charge < -0.3 is 24.8 Å². The molecule has 35 heavy (non-hydrogen) atoms. The van der Waals surface area contributed by atoms with Gasteiger partial charge in [-0.1, -0.05) is 0 Å². The van der Waals surface area contributed by atoms with Crippen molar-refractivity contribution in [2.45, 2.75) is 51.1 Å². The first-order valence-corrected chi connectivity index (χ1v) is 11.1. The number of aromatic nitrogens is 4. The molecule has 3 aromatic rings. The lowest BCUT2D eigenvalue weighted by molar-refractivity contribution is -0.197. The summed E-state index contributed by atoms with van der Waals surface area (Å²) in [4.78, 5) is 37.9. The van der Waals surface area contributed by atoms with Crippen LogP contribution >= 0.6 is 0 Å². The van der Waals surface area contributed by atoms with Gasteiger partial charge in [0.1, 0.15) is 24.4 Å². The molecule has 0 radical (unpaired) electrons. The number of halogens is 1. The lowest BCUT2D eigenvalue weighted by Crippen LogP contribution is -2.42. The van der Waals surface area contributed by atoms with Crippen molar-refractivity contribution in [1.29, 1.82) is 0 Å². The van der Waals surface area contributed by atoms with Gasteiger partial charge in [-0.25, -0.2) is 24.1 Å². The molecule has 0 aliphatic carbocycles. The van der Waals surface area contributed by atoms with Crippen LogP contribution < -0.4 is 16.0 Å². The van der Waals surface area contributed by atoms with E-state index in [-0.39, 0.29) is 11.7 Å². The molecule has 13 heteroatoms. The van der Waals surface area contributed by atoms with E-state index in [1.54, 1.807) is 18.4 Å². The number of fused-ring (bicyclic) bond motifs is 2. The lowest BCUT2D eigenvalue weighted by Gasteiger charge is -2.24. The van der Waals surface area contributed by atoms with Gasteiger partial charge in [0.05, 0.1) is 6.33 Å². The van der Waals surface area contributed by atoms with Crippen molar-refractivity contribution in [3.8, 4) is 0 Å². The summed E-state index contributed by atoms with van der Waals surface area (Å²) < 4.78 is 32.8. The van der Waals surface area contributed by atoms with Crippen molar-refractivity contribution in [2.24, 2.45) is 0 Å². The number of hydrogen-bond donors (Lipinski definition) is 3. The second-order valence-electron chi connectivity index (χ2n) is 8.54. The van der Waals surface area contributed by atoms with Crippen LogP contribution in [0.3, 0.4) is 0 Å². The van der Waals surface area contributed by atoms with Crippen LogP contribution in [0.4, 0.5) is 20.7 Å². The summed E-state index contributed by atoms with van der Waals surface area (Å²) in [5, 5.41) is 7.98. The number of nitrogens with zero attached hydrogens (tertiary/aromatic N) is 4. The van der Waals surface area contributed by atoms with E-state index in [1.807, 2.05) is 6.92 Å². The average Bonchev–Trinajstić information content (AvgIpc) is 3.46. The number of rotatable bonds is 5. The van der Waals surface area contributed by atoms with Gasteiger partial charge in [0.25, 0.3) is 5.91 Å². The van der Waals surface area contributed by atoms with Crippen LogP contribution in [-0.4, -0.2) is 62.1 Å². The summed E-state index contributed by atoms with van der Waals surface area (Å²) in [6.07, 6.45) is -0.0975. The molecule has 3 N–H and O–H groups in total. The number of nitrogens with one attached hydrogen (secondary N) is 3. The average molecular weight is 485 g/mol. The molecule has 2 aromatic heterocycles. The van der Waals surface area contributed by atoms with Crippen LogP contribution in [0.5, 0.6) is 0 Å². The number of carbonyl (C=O) groups excluding carboxylic acids is 2. The van der Waals surface area contributed by atoms with Crippen LogP contribution in [0, 0.1) is 5.82 Å². The van der Waals surface area contributed by atoms with Gasteiger partial charge >= 0.3 is 6.03 Å². The standard InChI is InChI=1S/C22H24FN7O5/c1-4-24-19(31)15-14-16(35-22(2,3)34-14)20(33-15)30-10-27-13-17(25-9-26-18(13)30)29-21(32)28-12-7-5-11(23)6-8-12/h5-10,14-16,20H,4H2,1-3H3,(H,24,31)(H2,25,26,28,29,32)/t14-,15+,16-,20-/m1/s1. The Bertz CT molecular complexity index is 1260. The Kier molecular flexibility index (Phi) is 5.83. The molecule has 5 rings (SSSR count). The third-order valence-electron chi connectivity index (χ3n) is 5.61. The van der Waals surface area contributed by atoms with Gasteiger partial charge in [-0.3, -0.25) is 14.7 Å². The van der Waals surface area contributed by atoms with Gasteiger partial charge in [-0.15, -0.1) is 0 Å². The molecule has 2 aliphatic rings. The van der Waals surface area contributed by atoms with Crippen molar-refractivity contribution in [2.75, 3.05) is 17.2 Å². The normalized spacial score (nSPS) is 24.8. The molecule has 2 aliphatic heterocycles. The fourth-order valence-corrected chi connectivity index (χ4v) is 4.22. The molecular formula is C22H24FN7O5. The Morgan fingerprint density at radius 3 is 2.57 bits per heavy atom. The summed E-state index contributed by atoms with van der Waals surface area (Å²) >= 11 is 0. The Morgan fingerprint density at radius 1 is 1.09 bits per heavy atom. The molecule has 0 saturated carbocycles. The molecule has 1 aromatic carbocycles. The molecule has 2 saturated heterocycles. The topological polar surface area (TPSA) is 142 Å². The van der Waals surface area contributed by atoms with Crippen molar-refractivity contribution >= 4 is 34.6 Å². The molecule has 12 nitrogen and oxygen atoms in total. The highest BCUT2D eigenvalue weighted by Gasteiger charge is 2.58. The van der Waals surface area contributed by atoms with E-state index in [0.29, 0.717) is 23.4 Å². The molecule has 4 atom stereocenters.